The predicted octanol–water partition coefficient (Wildman–Crippen LogP) is 3.17. The molecule has 0 radical (unpaired) electrons. The zero-order valence-corrected chi connectivity index (χ0v) is 10.7. The van der Waals surface area contributed by atoms with Gasteiger partial charge in [-0.3, -0.25) is 4.79 Å². The molecule has 88 valence electrons. The van der Waals surface area contributed by atoms with Gasteiger partial charge in [0.1, 0.15) is 5.78 Å². The van der Waals surface area contributed by atoms with E-state index in [2.05, 4.69) is 0 Å². The Morgan fingerprint density at radius 3 is 2.69 bits per heavy atom. The average Bonchev–Trinajstić information content (AvgIpc) is 2.75. The molecule has 0 spiro atoms. The zero-order valence-electron chi connectivity index (χ0n) is 9.17. The van der Waals surface area contributed by atoms with Crippen molar-refractivity contribution in [3.05, 3.63) is 21.3 Å². The second kappa shape index (κ2) is 4.86. The third-order valence-corrected chi connectivity index (χ3v) is 4.38. The van der Waals surface area contributed by atoms with Crippen LogP contribution in [0, 0.1) is 0 Å². The molecule has 0 saturated heterocycles. The molecule has 2 N–H and O–H groups in total. The highest BCUT2D eigenvalue weighted by atomic mass is 35.5. The van der Waals surface area contributed by atoms with Crippen molar-refractivity contribution in [3.8, 4) is 0 Å². The summed E-state index contributed by atoms with van der Waals surface area (Å²) in [5.74, 6) is 0.239. The Bertz CT molecular complexity index is 382. The Labute approximate surface area is 105 Å². The molecular formula is C12H16ClNOS. The third-order valence-electron chi connectivity index (χ3n) is 3.15. The number of hydrogen-bond acceptors (Lipinski definition) is 3. The highest BCUT2D eigenvalue weighted by Gasteiger charge is 2.31. The van der Waals surface area contributed by atoms with Crippen LogP contribution in [0.25, 0.3) is 0 Å². The van der Waals surface area contributed by atoms with E-state index in [4.69, 9.17) is 17.3 Å². The average molecular weight is 258 g/mol. The Morgan fingerprint density at radius 1 is 1.44 bits per heavy atom. The molecule has 2 nitrogen and oxygen atoms in total. The fourth-order valence-electron chi connectivity index (χ4n) is 2.35. The quantitative estimate of drug-likeness (QED) is 0.900. The fourth-order valence-corrected chi connectivity index (χ4v) is 3.47. The number of rotatable bonds is 4. The van der Waals surface area contributed by atoms with E-state index >= 15 is 0 Å². The molecule has 16 heavy (non-hydrogen) atoms. The van der Waals surface area contributed by atoms with Gasteiger partial charge in [-0.2, -0.15) is 0 Å². The maximum atomic E-state index is 11.9. The SMILES string of the molecule is NC1(CC(=O)Cc2ccc(Cl)s2)CCCC1. The summed E-state index contributed by atoms with van der Waals surface area (Å²) in [6.07, 6.45) is 5.30. The Kier molecular flexibility index (Phi) is 3.67. The molecule has 1 aliphatic carbocycles. The number of ketones is 1. The number of nitrogens with two attached hydrogens (primary N) is 1. The van der Waals surface area contributed by atoms with Gasteiger partial charge in [0.25, 0.3) is 0 Å². The van der Waals surface area contributed by atoms with Gasteiger partial charge in [-0.1, -0.05) is 24.4 Å². The van der Waals surface area contributed by atoms with E-state index in [9.17, 15) is 4.79 Å². The van der Waals surface area contributed by atoms with Crippen molar-refractivity contribution < 1.29 is 4.79 Å². The first-order valence-electron chi connectivity index (χ1n) is 5.62. The molecule has 0 amide bonds. The lowest BCUT2D eigenvalue weighted by Gasteiger charge is -2.22. The maximum absolute atomic E-state index is 11.9. The molecular weight excluding hydrogens is 242 g/mol. The van der Waals surface area contributed by atoms with Gasteiger partial charge in [0.2, 0.25) is 0 Å². The van der Waals surface area contributed by atoms with Crippen LogP contribution in [0.2, 0.25) is 4.34 Å². The minimum absolute atomic E-state index is 0.224. The molecule has 1 aliphatic rings. The minimum atomic E-state index is -0.224. The molecule has 1 aromatic rings. The van der Waals surface area contributed by atoms with Crippen LogP contribution in [0.5, 0.6) is 0 Å². The van der Waals surface area contributed by atoms with Crippen LogP contribution in [-0.4, -0.2) is 11.3 Å². The number of carbonyl (C=O) groups is 1. The summed E-state index contributed by atoms with van der Waals surface area (Å²) in [7, 11) is 0. The van der Waals surface area contributed by atoms with Crippen molar-refractivity contribution in [1.82, 2.24) is 0 Å². The molecule has 1 aromatic heterocycles. The number of carbonyl (C=O) groups excluding carboxylic acids is 1. The van der Waals surface area contributed by atoms with E-state index < -0.39 is 0 Å². The van der Waals surface area contributed by atoms with Crippen LogP contribution in [0.4, 0.5) is 0 Å². The molecule has 1 fully saturated rings. The van der Waals surface area contributed by atoms with Crippen LogP contribution in [0.15, 0.2) is 12.1 Å². The largest absolute Gasteiger partial charge is 0.325 e. The van der Waals surface area contributed by atoms with Crippen LogP contribution in [0.3, 0.4) is 0 Å². The first kappa shape index (κ1) is 12.1. The zero-order chi connectivity index (χ0) is 11.6. The summed E-state index contributed by atoms with van der Waals surface area (Å²) in [6.45, 7) is 0. The second-order valence-electron chi connectivity index (χ2n) is 4.67. The van der Waals surface area contributed by atoms with Crippen LogP contribution in [-0.2, 0) is 11.2 Å². The topological polar surface area (TPSA) is 43.1 Å². The minimum Gasteiger partial charge on any atom is -0.325 e. The van der Waals surface area contributed by atoms with E-state index in [0.717, 1.165) is 34.9 Å². The van der Waals surface area contributed by atoms with Gasteiger partial charge in [0, 0.05) is 23.3 Å². The van der Waals surface area contributed by atoms with Gasteiger partial charge >= 0.3 is 0 Å². The lowest BCUT2D eigenvalue weighted by atomic mass is 9.91. The van der Waals surface area contributed by atoms with Crippen molar-refractivity contribution in [1.29, 1.82) is 0 Å². The van der Waals surface area contributed by atoms with E-state index in [0.29, 0.717) is 12.8 Å². The lowest BCUT2D eigenvalue weighted by Crippen LogP contribution is -2.39. The molecule has 0 atom stereocenters. The van der Waals surface area contributed by atoms with E-state index in [-0.39, 0.29) is 11.3 Å². The van der Waals surface area contributed by atoms with E-state index in [1.165, 1.54) is 11.3 Å². The molecule has 1 heterocycles. The molecule has 4 heteroatoms. The lowest BCUT2D eigenvalue weighted by molar-refractivity contribution is -0.119. The molecule has 0 bridgehead atoms. The van der Waals surface area contributed by atoms with E-state index in [1.807, 2.05) is 12.1 Å². The van der Waals surface area contributed by atoms with Gasteiger partial charge in [-0.05, 0) is 25.0 Å². The summed E-state index contributed by atoms with van der Waals surface area (Å²) in [4.78, 5) is 12.9. The summed E-state index contributed by atoms with van der Waals surface area (Å²) in [5.41, 5.74) is 5.95. The summed E-state index contributed by atoms with van der Waals surface area (Å²) < 4.78 is 0.742. The second-order valence-corrected chi connectivity index (χ2v) is 6.47. The van der Waals surface area contributed by atoms with Crippen LogP contribution in [0.1, 0.15) is 37.0 Å². The molecule has 1 saturated carbocycles. The van der Waals surface area contributed by atoms with Gasteiger partial charge in [0.15, 0.2) is 0 Å². The Hall–Kier alpha value is -0.380. The molecule has 0 unspecified atom stereocenters. The van der Waals surface area contributed by atoms with Crippen LogP contribution >= 0.6 is 22.9 Å². The summed E-state index contributed by atoms with van der Waals surface area (Å²) in [5, 5.41) is 0. The monoisotopic (exact) mass is 257 g/mol. The standard InChI is InChI=1S/C12H16ClNOS/c13-11-4-3-10(16-11)7-9(15)8-12(14)5-1-2-6-12/h3-4H,1-2,5-8,14H2. The molecule has 2 rings (SSSR count). The van der Waals surface area contributed by atoms with Crippen molar-refractivity contribution in [2.75, 3.05) is 0 Å². The summed E-state index contributed by atoms with van der Waals surface area (Å²) >= 11 is 7.30. The predicted molar refractivity (Wildman–Crippen MR) is 68.0 cm³/mol. The van der Waals surface area contributed by atoms with Crippen molar-refractivity contribution in [3.63, 3.8) is 0 Å². The van der Waals surface area contributed by atoms with Crippen molar-refractivity contribution >= 4 is 28.7 Å². The van der Waals surface area contributed by atoms with E-state index in [1.54, 1.807) is 0 Å². The number of hydrogen-bond donors (Lipinski definition) is 1. The first-order chi connectivity index (χ1) is 7.57. The van der Waals surface area contributed by atoms with Crippen LogP contribution < -0.4 is 5.73 Å². The molecule has 0 aromatic carbocycles. The van der Waals surface area contributed by atoms with Crippen molar-refractivity contribution in [2.24, 2.45) is 5.73 Å². The number of Topliss-reactive ketones (excluding diaryl/α,β-unsaturated/α-hetero) is 1. The molecule has 0 aliphatic heterocycles. The third kappa shape index (κ3) is 3.06. The number of halogens is 1. The smallest absolute Gasteiger partial charge is 0.139 e. The van der Waals surface area contributed by atoms with Gasteiger partial charge < -0.3 is 5.73 Å². The fraction of sp³-hybridized carbons (Fsp3) is 0.583. The highest BCUT2D eigenvalue weighted by molar-refractivity contribution is 7.16. The van der Waals surface area contributed by atoms with Gasteiger partial charge in [0.05, 0.1) is 4.34 Å². The first-order valence-corrected chi connectivity index (χ1v) is 6.82. The Balaban J connectivity index is 1.89. The van der Waals surface area contributed by atoms with Crippen molar-refractivity contribution in [2.45, 2.75) is 44.1 Å². The van der Waals surface area contributed by atoms with Gasteiger partial charge in [-0.25, -0.2) is 0 Å². The van der Waals surface area contributed by atoms with Gasteiger partial charge in [-0.15, -0.1) is 11.3 Å². The summed E-state index contributed by atoms with van der Waals surface area (Å²) in [6, 6.07) is 3.76. The normalized spacial score (nSPS) is 18.9. The number of thiophene rings is 1. The Morgan fingerprint density at radius 2 is 2.12 bits per heavy atom. The highest BCUT2D eigenvalue weighted by Crippen LogP contribution is 2.31. The maximum Gasteiger partial charge on any atom is 0.139 e.